The molecular formula is C26H44N2O2. The Morgan fingerprint density at radius 3 is 2.37 bits per heavy atom. The van der Waals surface area contributed by atoms with Crippen LogP contribution in [0.1, 0.15) is 86.0 Å². The molecule has 1 saturated heterocycles. The summed E-state index contributed by atoms with van der Waals surface area (Å²) in [7, 11) is 2.05. The minimum atomic E-state index is 0.141. The fourth-order valence-corrected chi connectivity index (χ4v) is 9.01. The summed E-state index contributed by atoms with van der Waals surface area (Å²) in [4.78, 5) is 29.7. The number of amides is 2. The Balaban J connectivity index is 1.56. The first-order chi connectivity index (χ1) is 14.2. The third kappa shape index (κ3) is 3.06. The lowest BCUT2D eigenvalue weighted by Crippen LogP contribution is -2.61. The summed E-state index contributed by atoms with van der Waals surface area (Å²) in [5, 5.41) is 0. The average molecular weight is 417 g/mol. The second kappa shape index (κ2) is 7.81. The number of carbonyl (C=O) groups excluding carboxylic acids is 2. The molecule has 0 aromatic carbocycles. The van der Waals surface area contributed by atoms with Gasteiger partial charge in [-0.1, -0.05) is 20.8 Å². The molecule has 4 aliphatic rings. The third-order valence-corrected chi connectivity index (χ3v) is 10.7. The smallest absolute Gasteiger partial charge is 0.225 e. The zero-order chi connectivity index (χ0) is 21.8. The van der Waals surface area contributed by atoms with E-state index in [0.29, 0.717) is 29.2 Å². The molecule has 4 nitrogen and oxygen atoms in total. The van der Waals surface area contributed by atoms with Crippen molar-refractivity contribution in [3.05, 3.63) is 0 Å². The highest BCUT2D eigenvalue weighted by Crippen LogP contribution is 2.67. The normalized spacial score (nSPS) is 44.1. The Labute approximate surface area is 184 Å². The minimum Gasteiger partial charge on any atom is -0.343 e. The van der Waals surface area contributed by atoms with E-state index in [1.54, 1.807) is 0 Å². The highest BCUT2D eigenvalue weighted by molar-refractivity contribution is 5.79. The molecular weight excluding hydrogens is 372 g/mol. The van der Waals surface area contributed by atoms with E-state index >= 15 is 0 Å². The Morgan fingerprint density at radius 1 is 1.03 bits per heavy atom. The van der Waals surface area contributed by atoms with Gasteiger partial charge in [0.1, 0.15) is 0 Å². The van der Waals surface area contributed by atoms with Gasteiger partial charge in [-0.25, -0.2) is 0 Å². The second-order valence-electron chi connectivity index (χ2n) is 11.5. The van der Waals surface area contributed by atoms with Crippen molar-refractivity contribution >= 4 is 11.8 Å². The van der Waals surface area contributed by atoms with E-state index in [1.807, 2.05) is 11.9 Å². The van der Waals surface area contributed by atoms with E-state index in [2.05, 4.69) is 39.5 Å². The Kier molecular flexibility index (Phi) is 5.77. The van der Waals surface area contributed by atoms with Gasteiger partial charge in [-0.3, -0.25) is 9.59 Å². The number of rotatable bonds is 4. The number of nitrogens with zero attached hydrogens (tertiary/aromatic N) is 2. The molecule has 2 unspecified atom stereocenters. The number of hydrogen-bond donors (Lipinski definition) is 0. The van der Waals surface area contributed by atoms with E-state index < -0.39 is 0 Å². The predicted octanol–water partition coefficient (Wildman–Crippen LogP) is 4.97. The van der Waals surface area contributed by atoms with Crippen LogP contribution >= 0.6 is 0 Å². The number of piperidine rings is 1. The van der Waals surface area contributed by atoms with Crippen LogP contribution in [0, 0.1) is 40.4 Å². The van der Waals surface area contributed by atoms with Crippen LogP contribution in [0.3, 0.4) is 0 Å². The summed E-state index contributed by atoms with van der Waals surface area (Å²) < 4.78 is 0. The van der Waals surface area contributed by atoms with Crippen molar-refractivity contribution in [3.8, 4) is 0 Å². The maximum atomic E-state index is 13.2. The molecule has 0 N–H and O–H groups in total. The molecule has 4 heteroatoms. The molecule has 2 amide bonds. The zero-order valence-corrected chi connectivity index (χ0v) is 20.2. The summed E-state index contributed by atoms with van der Waals surface area (Å²) in [5.41, 5.74) is 0.594. The molecule has 4 rings (SSSR count). The van der Waals surface area contributed by atoms with Crippen LogP contribution in [0.4, 0.5) is 0 Å². The monoisotopic (exact) mass is 416 g/mol. The van der Waals surface area contributed by atoms with Gasteiger partial charge in [-0.15, -0.1) is 0 Å². The molecule has 30 heavy (non-hydrogen) atoms. The van der Waals surface area contributed by atoms with Crippen molar-refractivity contribution < 1.29 is 9.59 Å². The van der Waals surface area contributed by atoms with Crippen molar-refractivity contribution in [2.45, 2.75) is 92.0 Å². The molecule has 0 radical (unpaired) electrons. The highest BCUT2D eigenvalue weighted by Gasteiger charge is 2.62. The summed E-state index contributed by atoms with van der Waals surface area (Å²) in [5.74, 6) is 3.68. The molecule has 3 aliphatic carbocycles. The zero-order valence-electron chi connectivity index (χ0n) is 20.2. The van der Waals surface area contributed by atoms with Crippen molar-refractivity contribution in [2.24, 2.45) is 40.4 Å². The maximum Gasteiger partial charge on any atom is 0.225 e. The summed E-state index contributed by atoms with van der Waals surface area (Å²) >= 11 is 0. The number of hydrogen-bond acceptors (Lipinski definition) is 2. The van der Waals surface area contributed by atoms with Crippen molar-refractivity contribution in [1.29, 1.82) is 0 Å². The van der Waals surface area contributed by atoms with Gasteiger partial charge in [0.25, 0.3) is 0 Å². The maximum absolute atomic E-state index is 13.2. The van der Waals surface area contributed by atoms with Gasteiger partial charge in [0, 0.05) is 38.5 Å². The molecule has 8 atom stereocenters. The number of likely N-dealkylation sites (tertiary alicyclic amines) is 1. The molecule has 3 saturated carbocycles. The Bertz CT molecular complexity index is 689. The Hall–Kier alpha value is -1.06. The predicted molar refractivity (Wildman–Crippen MR) is 121 cm³/mol. The number of fused-ring (bicyclic) bond motifs is 5. The Morgan fingerprint density at radius 2 is 1.70 bits per heavy atom. The van der Waals surface area contributed by atoms with E-state index in [9.17, 15) is 9.59 Å². The van der Waals surface area contributed by atoms with Crippen molar-refractivity contribution in [2.75, 3.05) is 20.1 Å². The molecule has 4 fully saturated rings. The third-order valence-electron chi connectivity index (χ3n) is 10.7. The lowest BCUT2D eigenvalue weighted by Gasteiger charge is -2.62. The molecule has 0 aromatic heterocycles. The summed E-state index contributed by atoms with van der Waals surface area (Å²) in [6, 6.07) is 0.435. The lowest BCUT2D eigenvalue weighted by atomic mass is 9.46. The fraction of sp³-hybridized carbons (Fsp3) is 0.923. The van der Waals surface area contributed by atoms with E-state index in [-0.39, 0.29) is 11.3 Å². The van der Waals surface area contributed by atoms with Crippen LogP contribution < -0.4 is 0 Å². The minimum absolute atomic E-state index is 0.141. The van der Waals surface area contributed by atoms with Gasteiger partial charge < -0.3 is 9.80 Å². The SMILES string of the molecule is CCN(CC)C(=O)C(C)[C@H]1CC[C@H]2[C@@H]3CCC4N(C)C(=O)CC[C@]4(C)[C@H]3CC[C@]12C. The second-order valence-corrected chi connectivity index (χ2v) is 11.5. The van der Waals surface area contributed by atoms with Crippen LogP contribution in [0.15, 0.2) is 0 Å². The van der Waals surface area contributed by atoms with Gasteiger partial charge in [-0.05, 0) is 93.3 Å². The molecule has 1 aliphatic heterocycles. The first-order valence-electron chi connectivity index (χ1n) is 12.7. The van der Waals surface area contributed by atoms with E-state index in [4.69, 9.17) is 0 Å². The standard InChI is InChI=1S/C26H44N2O2/c1-7-28(8-2)24(30)17(3)19-10-11-20-18-9-12-22-26(5,16-14-23(29)27(22)6)21(18)13-15-25(19,20)4/h17-22H,7-16H2,1-6H3/t17?,18-,19+,20-,21-,22?,25+,26+/m0/s1. The molecule has 170 valence electrons. The highest BCUT2D eigenvalue weighted by atomic mass is 16.2. The van der Waals surface area contributed by atoms with Gasteiger partial charge in [-0.2, -0.15) is 0 Å². The lowest BCUT2D eigenvalue weighted by molar-refractivity contribution is -0.159. The van der Waals surface area contributed by atoms with Gasteiger partial charge in [0.05, 0.1) is 0 Å². The summed E-state index contributed by atoms with van der Waals surface area (Å²) in [6.45, 7) is 13.1. The van der Waals surface area contributed by atoms with Crippen LogP contribution in [0.25, 0.3) is 0 Å². The number of carbonyl (C=O) groups is 2. The molecule has 1 heterocycles. The fourth-order valence-electron chi connectivity index (χ4n) is 9.01. The molecule has 0 aromatic rings. The largest absolute Gasteiger partial charge is 0.343 e. The van der Waals surface area contributed by atoms with E-state index in [0.717, 1.165) is 43.7 Å². The van der Waals surface area contributed by atoms with Gasteiger partial charge in [0.2, 0.25) is 11.8 Å². The first kappa shape index (κ1) is 22.1. The molecule has 0 bridgehead atoms. The topological polar surface area (TPSA) is 40.6 Å². The van der Waals surface area contributed by atoms with Gasteiger partial charge >= 0.3 is 0 Å². The van der Waals surface area contributed by atoms with Crippen LogP contribution in [-0.4, -0.2) is 47.8 Å². The van der Waals surface area contributed by atoms with Crippen molar-refractivity contribution in [1.82, 2.24) is 9.80 Å². The first-order valence-corrected chi connectivity index (χ1v) is 12.7. The summed E-state index contributed by atoms with van der Waals surface area (Å²) in [6.07, 6.45) is 9.32. The van der Waals surface area contributed by atoms with Crippen molar-refractivity contribution in [3.63, 3.8) is 0 Å². The van der Waals surface area contributed by atoms with Crippen LogP contribution in [0.2, 0.25) is 0 Å². The van der Waals surface area contributed by atoms with Crippen LogP contribution in [-0.2, 0) is 9.59 Å². The quantitative estimate of drug-likeness (QED) is 0.649. The molecule has 0 spiro atoms. The van der Waals surface area contributed by atoms with Gasteiger partial charge in [0.15, 0.2) is 0 Å². The average Bonchev–Trinajstić information content (AvgIpc) is 3.08. The van der Waals surface area contributed by atoms with Crippen LogP contribution in [0.5, 0.6) is 0 Å². The van der Waals surface area contributed by atoms with E-state index in [1.165, 1.54) is 38.5 Å².